The molecule has 1 unspecified atom stereocenters. The van der Waals surface area contributed by atoms with Crippen LogP contribution in [0.15, 0.2) is 48.5 Å². The second-order valence-electron chi connectivity index (χ2n) is 4.36. The molecule has 5 heteroatoms. The van der Waals surface area contributed by atoms with Crippen LogP contribution in [0.1, 0.15) is 17.0 Å². The van der Waals surface area contributed by atoms with Crippen LogP contribution in [0, 0.1) is 27.3 Å². The normalized spacial score (nSPS) is 11.6. The molecule has 20 heavy (non-hydrogen) atoms. The standard InChI is InChI=1S/C15H11FN2O2/c16-14-3-1-2-12(9-14)13(10-17)8-11-4-6-15(7-5-11)18(19)20/h1-7,9,13H,8H2. The number of nitro groups is 1. The smallest absolute Gasteiger partial charge is 0.258 e. The summed E-state index contributed by atoms with van der Waals surface area (Å²) < 4.78 is 13.2. The van der Waals surface area contributed by atoms with E-state index in [9.17, 15) is 19.8 Å². The van der Waals surface area contributed by atoms with Gasteiger partial charge in [0.05, 0.1) is 16.9 Å². The van der Waals surface area contributed by atoms with Gasteiger partial charge in [0.25, 0.3) is 5.69 Å². The van der Waals surface area contributed by atoms with Gasteiger partial charge < -0.3 is 0 Å². The highest BCUT2D eigenvalue weighted by atomic mass is 19.1. The number of benzene rings is 2. The highest BCUT2D eigenvalue weighted by Crippen LogP contribution is 2.22. The van der Waals surface area contributed by atoms with Gasteiger partial charge >= 0.3 is 0 Å². The quantitative estimate of drug-likeness (QED) is 0.630. The van der Waals surface area contributed by atoms with Crippen molar-refractivity contribution in [2.45, 2.75) is 12.3 Å². The van der Waals surface area contributed by atoms with Gasteiger partial charge in [0, 0.05) is 12.1 Å². The number of nitro benzene ring substituents is 1. The van der Waals surface area contributed by atoms with Crippen molar-refractivity contribution in [1.82, 2.24) is 0 Å². The first kappa shape index (κ1) is 13.7. The van der Waals surface area contributed by atoms with Crippen molar-refractivity contribution in [1.29, 1.82) is 5.26 Å². The van der Waals surface area contributed by atoms with E-state index in [4.69, 9.17) is 0 Å². The third kappa shape index (κ3) is 3.18. The van der Waals surface area contributed by atoms with E-state index in [-0.39, 0.29) is 11.5 Å². The molecule has 0 saturated heterocycles. The number of hydrogen-bond donors (Lipinski definition) is 0. The van der Waals surface area contributed by atoms with E-state index in [0.717, 1.165) is 5.56 Å². The second kappa shape index (κ2) is 5.93. The van der Waals surface area contributed by atoms with Crippen molar-refractivity contribution >= 4 is 5.69 Å². The first-order valence-electron chi connectivity index (χ1n) is 5.98. The Hall–Kier alpha value is -2.74. The summed E-state index contributed by atoms with van der Waals surface area (Å²) in [5.41, 5.74) is 1.41. The predicted octanol–water partition coefficient (Wildman–Crippen LogP) is 3.58. The summed E-state index contributed by atoms with van der Waals surface area (Å²) in [6.07, 6.45) is 0.387. The van der Waals surface area contributed by atoms with Crippen LogP contribution in [0.5, 0.6) is 0 Å². The largest absolute Gasteiger partial charge is 0.269 e. The fourth-order valence-corrected chi connectivity index (χ4v) is 1.95. The van der Waals surface area contributed by atoms with Gasteiger partial charge in [-0.25, -0.2) is 4.39 Å². The summed E-state index contributed by atoms with van der Waals surface area (Å²) >= 11 is 0. The molecule has 0 radical (unpaired) electrons. The molecule has 0 aromatic heterocycles. The fraction of sp³-hybridized carbons (Fsp3) is 0.133. The number of hydrogen-bond acceptors (Lipinski definition) is 3. The molecule has 0 aliphatic heterocycles. The fourth-order valence-electron chi connectivity index (χ4n) is 1.95. The Morgan fingerprint density at radius 3 is 2.50 bits per heavy atom. The molecular weight excluding hydrogens is 259 g/mol. The average Bonchev–Trinajstić information content (AvgIpc) is 2.45. The molecule has 0 bridgehead atoms. The van der Waals surface area contributed by atoms with Crippen LogP contribution in [-0.4, -0.2) is 4.92 Å². The summed E-state index contributed by atoms with van der Waals surface area (Å²) in [6.45, 7) is 0. The topological polar surface area (TPSA) is 66.9 Å². The van der Waals surface area contributed by atoms with Gasteiger partial charge in [0.2, 0.25) is 0 Å². The Bertz CT molecular complexity index is 662. The van der Waals surface area contributed by atoms with E-state index in [1.807, 2.05) is 0 Å². The van der Waals surface area contributed by atoms with Crippen LogP contribution in [0.2, 0.25) is 0 Å². The lowest BCUT2D eigenvalue weighted by Gasteiger charge is -2.09. The first-order chi connectivity index (χ1) is 9.60. The minimum absolute atomic E-state index is 0.00742. The van der Waals surface area contributed by atoms with Gasteiger partial charge in [-0.1, -0.05) is 24.3 Å². The van der Waals surface area contributed by atoms with Crippen molar-refractivity contribution in [3.05, 3.63) is 75.6 Å². The average molecular weight is 270 g/mol. The van der Waals surface area contributed by atoms with E-state index in [1.54, 1.807) is 24.3 Å². The third-order valence-corrected chi connectivity index (χ3v) is 2.99. The molecule has 100 valence electrons. The SMILES string of the molecule is N#CC(Cc1ccc([N+](=O)[O-])cc1)c1cccc(F)c1. The zero-order chi connectivity index (χ0) is 14.5. The summed E-state index contributed by atoms with van der Waals surface area (Å²) in [5, 5.41) is 19.8. The molecule has 0 heterocycles. The Balaban J connectivity index is 2.18. The lowest BCUT2D eigenvalue weighted by Crippen LogP contribution is -2.01. The van der Waals surface area contributed by atoms with Crippen molar-refractivity contribution in [3.8, 4) is 6.07 Å². The van der Waals surface area contributed by atoms with E-state index < -0.39 is 10.8 Å². The number of rotatable bonds is 4. The molecule has 2 aromatic rings. The van der Waals surface area contributed by atoms with Crippen molar-refractivity contribution in [3.63, 3.8) is 0 Å². The highest BCUT2D eigenvalue weighted by molar-refractivity contribution is 5.35. The zero-order valence-electron chi connectivity index (χ0n) is 10.5. The molecule has 0 fully saturated rings. The Labute approximate surface area is 115 Å². The van der Waals surface area contributed by atoms with Crippen LogP contribution in [-0.2, 0) is 6.42 Å². The van der Waals surface area contributed by atoms with Crippen LogP contribution in [0.25, 0.3) is 0 Å². The molecule has 4 nitrogen and oxygen atoms in total. The number of nitriles is 1. The van der Waals surface area contributed by atoms with Crippen molar-refractivity contribution in [2.24, 2.45) is 0 Å². The molecule has 0 aliphatic carbocycles. The van der Waals surface area contributed by atoms with Gasteiger partial charge in [-0.15, -0.1) is 0 Å². The number of non-ortho nitro benzene ring substituents is 1. The van der Waals surface area contributed by atoms with E-state index >= 15 is 0 Å². The van der Waals surface area contributed by atoms with E-state index in [0.29, 0.717) is 12.0 Å². The lowest BCUT2D eigenvalue weighted by molar-refractivity contribution is -0.384. The van der Waals surface area contributed by atoms with E-state index in [2.05, 4.69) is 6.07 Å². The number of nitrogens with zero attached hydrogens (tertiary/aromatic N) is 2. The van der Waals surface area contributed by atoms with E-state index in [1.165, 1.54) is 24.3 Å². The van der Waals surface area contributed by atoms with Crippen LogP contribution in [0.3, 0.4) is 0 Å². The second-order valence-corrected chi connectivity index (χ2v) is 4.36. The van der Waals surface area contributed by atoms with Gasteiger partial charge in [-0.2, -0.15) is 5.26 Å². The van der Waals surface area contributed by atoms with Gasteiger partial charge in [-0.05, 0) is 29.7 Å². The molecule has 0 spiro atoms. The highest BCUT2D eigenvalue weighted by Gasteiger charge is 2.13. The molecule has 2 aromatic carbocycles. The first-order valence-corrected chi connectivity index (χ1v) is 5.98. The summed E-state index contributed by atoms with van der Waals surface area (Å²) in [6, 6.07) is 14.1. The summed E-state index contributed by atoms with van der Waals surface area (Å²) in [5.74, 6) is -0.862. The molecule has 1 atom stereocenters. The van der Waals surface area contributed by atoms with Crippen LogP contribution >= 0.6 is 0 Å². The molecule has 0 saturated carbocycles. The molecule has 2 rings (SSSR count). The molecule has 0 N–H and O–H groups in total. The maximum atomic E-state index is 13.2. The maximum absolute atomic E-state index is 13.2. The van der Waals surface area contributed by atoms with Crippen molar-refractivity contribution in [2.75, 3.05) is 0 Å². The van der Waals surface area contributed by atoms with Crippen LogP contribution < -0.4 is 0 Å². The Morgan fingerprint density at radius 1 is 1.25 bits per heavy atom. The number of halogens is 1. The monoisotopic (exact) mass is 270 g/mol. The van der Waals surface area contributed by atoms with Gasteiger partial charge in [0.15, 0.2) is 0 Å². The van der Waals surface area contributed by atoms with Crippen LogP contribution in [0.4, 0.5) is 10.1 Å². The summed E-state index contributed by atoms with van der Waals surface area (Å²) in [7, 11) is 0. The zero-order valence-corrected chi connectivity index (χ0v) is 10.5. The molecule has 0 amide bonds. The lowest BCUT2D eigenvalue weighted by atomic mass is 9.93. The molecule has 0 aliphatic rings. The minimum atomic E-state index is -0.479. The Morgan fingerprint density at radius 2 is 1.95 bits per heavy atom. The minimum Gasteiger partial charge on any atom is -0.258 e. The van der Waals surface area contributed by atoms with Gasteiger partial charge in [-0.3, -0.25) is 10.1 Å². The van der Waals surface area contributed by atoms with Crippen molar-refractivity contribution < 1.29 is 9.31 Å². The maximum Gasteiger partial charge on any atom is 0.269 e. The van der Waals surface area contributed by atoms with Gasteiger partial charge in [0.1, 0.15) is 5.82 Å². The molecular formula is C15H11FN2O2. The predicted molar refractivity (Wildman–Crippen MR) is 71.6 cm³/mol. The third-order valence-electron chi connectivity index (χ3n) is 2.99. The summed E-state index contributed by atoms with van der Waals surface area (Å²) in [4.78, 5) is 10.1. The Kier molecular flexibility index (Phi) is 4.06.